The molecule has 2 saturated heterocycles. The highest BCUT2D eigenvalue weighted by molar-refractivity contribution is 5.91. The van der Waals surface area contributed by atoms with Crippen molar-refractivity contribution >= 4 is 11.9 Å². The van der Waals surface area contributed by atoms with Gasteiger partial charge in [0.2, 0.25) is 5.91 Å². The van der Waals surface area contributed by atoms with Crippen LogP contribution in [0.1, 0.15) is 31.9 Å². The van der Waals surface area contributed by atoms with Crippen molar-refractivity contribution in [3.8, 4) is 0 Å². The van der Waals surface area contributed by atoms with Crippen LogP contribution >= 0.6 is 0 Å². The summed E-state index contributed by atoms with van der Waals surface area (Å²) in [7, 11) is 0. The van der Waals surface area contributed by atoms with Gasteiger partial charge in [0, 0.05) is 0 Å². The average molecular weight is 341 g/mol. The zero-order valence-corrected chi connectivity index (χ0v) is 14.6. The number of esters is 1. The maximum Gasteiger partial charge on any atom is 0.312 e. The summed E-state index contributed by atoms with van der Waals surface area (Å²) < 4.78 is 11.4. The van der Waals surface area contributed by atoms with Gasteiger partial charge >= 0.3 is 5.97 Å². The summed E-state index contributed by atoms with van der Waals surface area (Å²) in [6.07, 6.45) is 4.31. The summed E-state index contributed by atoms with van der Waals surface area (Å²) >= 11 is 0. The molecule has 3 aliphatic rings. The Kier molecular flexibility index (Phi) is 3.91. The molecule has 5 heteroatoms. The number of carbonyl (C=O) groups is 2. The lowest BCUT2D eigenvalue weighted by Crippen LogP contribution is -2.40. The molecule has 1 amide bonds. The lowest BCUT2D eigenvalue weighted by atomic mass is 9.77. The van der Waals surface area contributed by atoms with Crippen molar-refractivity contribution in [1.82, 2.24) is 4.90 Å². The second-order valence-corrected chi connectivity index (χ2v) is 7.12. The van der Waals surface area contributed by atoms with Crippen LogP contribution in [0.5, 0.6) is 0 Å². The number of likely N-dealkylation sites (tertiary alicyclic amines) is 1. The van der Waals surface area contributed by atoms with Gasteiger partial charge in [0.25, 0.3) is 0 Å². The summed E-state index contributed by atoms with van der Waals surface area (Å²) in [5, 5.41) is 0. The number of fused-ring (bicyclic) bond motifs is 1. The number of rotatable bonds is 5. The molecule has 0 unspecified atom stereocenters. The van der Waals surface area contributed by atoms with Gasteiger partial charge in [-0.25, -0.2) is 0 Å². The van der Waals surface area contributed by atoms with Crippen LogP contribution in [0.2, 0.25) is 0 Å². The molecule has 4 rings (SSSR count). The van der Waals surface area contributed by atoms with E-state index < -0.39 is 17.4 Å². The Hall–Kier alpha value is -2.14. The van der Waals surface area contributed by atoms with Crippen molar-refractivity contribution in [1.29, 1.82) is 0 Å². The minimum Gasteiger partial charge on any atom is -0.465 e. The molecular weight excluding hydrogens is 318 g/mol. The quantitative estimate of drug-likeness (QED) is 0.610. The molecule has 0 N–H and O–H groups in total. The smallest absolute Gasteiger partial charge is 0.312 e. The van der Waals surface area contributed by atoms with Crippen LogP contribution < -0.4 is 0 Å². The van der Waals surface area contributed by atoms with Crippen LogP contribution in [0.25, 0.3) is 0 Å². The van der Waals surface area contributed by atoms with Crippen molar-refractivity contribution in [2.24, 2.45) is 11.8 Å². The first kappa shape index (κ1) is 16.3. The molecule has 5 atom stereocenters. The maximum absolute atomic E-state index is 13.2. The monoisotopic (exact) mass is 341 g/mol. The fourth-order valence-electron chi connectivity index (χ4n) is 4.34. The maximum atomic E-state index is 13.2. The topological polar surface area (TPSA) is 55.8 Å². The van der Waals surface area contributed by atoms with E-state index in [1.165, 1.54) is 0 Å². The van der Waals surface area contributed by atoms with E-state index in [1.807, 2.05) is 61.2 Å². The largest absolute Gasteiger partial charge is 0.465 e. The molecule has 0 aliphatic carbocycles. The number of hydrogen-bond donors (Lipinski definition) is 0. The molecule has 1 aromatic carbocycles. The molecule has 1 aromatic rings. The van der Waals surface area contributed by atoms with Gasteiger partial charge in [-0.05, 0) is 18.9 Å². The Morgan fingerprint density at radius 2 is 2.16 bits per heavy atom. The van der Waals surface area contributed by atoms with Crippen molar-refractivity contribution < 1.29 is 19.1 Å². The molecule has 3 heterocycles. The van der Waals surface area contributed by atoms with Crippen molar-refractivity contribution in [2.45, 2.75) is 38.0 Å². The highest BCUT2D eigenvalue weighted by Crippen LogP contribution is 2.53. The molecule has 3 aliphatic heterocycles. The predicted octanol–water partition coefficient (Wildman–Crippen LogP) is 2.48. The van der Waals surface area contributed by atoms with Gasteiger partial charge in [-0.15, -0.1) is 0 Å². The SMILES string of the molecule is CCCOC(=O)[C@H]1[C@@H]2C=C[C@@]3(CN([C@@H](C)c4ccccc4)C(=O)[C@H]13)O2. The third-order valence-corrected chi connectivity index (χ3v) is 5.60. The fourth-order valence-corrected chi connectivity index (χ4v) is 4.34. The van der Waals surface area contributed by atoms with Crippen molar-refractivity contribution in [3.05, 3.63) is 48.0 Å². The molecule has 1 spiro atoms. The third kappa shape index (κ3) is 2.41. The summed E-state index contributed by atoms with van der Waals surface area (Å²) in [6.45, 7) is 4.84. The Labute approximate surface area is 147 Å². The first-order valence-electron chi connectivity index (χ1n) is 8.96. The van der Waals surface area contributed by atoms with E-state index in [-0.39, 0.29) is 24.0 Å². The van der Waals surface area contributed by atoms with Gasteiger partial charge in [0.1, 0.15) is 11.5 Å². The van der Waals surface area contributed by atoms with Crippen LogP contribution in [-0.4, -0.2) is 41.6 Å². The Morgan fingerprint density at radius 3 is 2.88 bits per heavy atom. The van der Waals surface area contributed by atoms with Gasteiger partial charge in [0.15, 0.2) is 0 Å². The number of benzene rings is 1. The first-order valence-corrected chi connectivity index (χ1v) is 8.96. The van der Waals surface area contributed by atoms with Crippen LogP contribution in [-0.2, 0) is 19.1 Å². The molecule has 25 heavy (non-hydrogen) atoms. The highest BCUT2D eigenvalue weighted by Gasteiger charge is 2.67. The second kappa shape index (κ2) is 5.99. The van der Waals surface area contributed by atoms with Crippen LogP contribution in [0.3, 0.4) is 0 Å². The zero-order valence-electron chi connectivity index (χ0n) is 14.6. The molecule has 2 bridgehead atoms. The summed E-state index contributed by atoms with van der Waals surface area (Å²) in [6, 6.07) is 9.88. The molecular formula is C20H23NO4. The van der Waals surface area contributed by atoms with E-state index in [9.17, 15) is 9.59 Å². The highest BCUT2D eigenvalue weighted by atomic mass is 16.6. The normalized spacial score (nSPS) is 33.6. The van der Waals surface area contributed by atoms with Gasteiger partial charge < -0.3 is 14.4 Å². The van der Waals surface area contributed by atoms with Crippen molar-refractivity contribution in [3.63, 3.8) is 0 Å². The van der Waals surface area contributed by atoms with E-state index in [0.29, 0.717) is 13.2 Å². The van der Waals surface area contributed by atoms with Gasteiger partial charge in [-0.3, -0.25) is 9.59 Å². The zero-order chi connectivity index (χ0) is 17.6. The summed E-state index contributed by atoms with van der Waals surface area (Å²) in [5.41, 5.74) is 0.400. The molecule has 0 radical (unpaired) electrons. The third-order valence-electron chi connectivity index (χ3n) is 5.60. The average Bonchev–Trinajstić information content (AvgIpc) is 3.28. The number of ether oxygens (including phenoxy) is 2. The summed E-state index contributed by atoms with van der Waals surface area (Å²) in [5.74, 6) is -1.33. The first-order chi connectivity index (χ1) is 12.1. The van der Waals surface area contributed by atoms with Crippen molar-refractivity contribution in [2.75, 3.05) is 13.2 Å². The van der Waals surface area contributed by atoms with E-state index in [0.717, 1.165) is 12.0 Å². The number of carbonyl (C=O) groups excluding carboxylic acids is 2. The van der Waals surface area contributed by atoms with Gasteiger partial charge in [-0.2, -0.15) is 0 Å². The van der Waals surface area contributed by atoms with Gasteiger partial charge in [-0.1, -0.05) is 49.4 Å². The van der Waals surface area contributed by atoms with Crippen LogP contribution in [0.15, 0.2) is 42.5 Å². The molecule has 0 saturated carbocycles. The summed E-state index contributed by atoms with van der Waals surface area (Å²) in [4.78, 5) is 27.5. The lowest BCUT2D eigenvalue weighted by Gasteiger charge is -2.27. The Bertz CT molecular complexity index is 716. The lowest BCUT2D eigenvalue weighted by molar-refractivity contribution is -0.154. The number of nitrogens with zero attached hydrogens (tertiary/aromatic N) is 1. The second-order valence-electron chi connectivity index (χ2n) is 7.12. The van der Waals surface area contributed by atoms with E-state index >= 15 is 0 Å². The molecule has 0 aromatic heterocycles. The fraction of sp³-hybridized carbons (Fsp3) is 0.500. The minimum absolute atomic E-state index is 0.0124. The Balaban J connectivity index is 1.60. The molecule has 5 nitrogen and oxygen atoms in total. The molecule has 132 valence electrons. The number of hydrogen-bond acceptors (Lipinski definition) is 4. The Morgan fingerprint density at radius 1 is 1.40 bits per heavy atom. The minimum atomic E-state index is -0.680. The number of amides is 1. The van der Waals surface area contributed by atoms with Crippen LogP contribution in [0, 0.1) is 11.8 Å². The van der Waals surface area contributed by atoms with E-state index in [4.69, 9.17) is 9.47 Å². The molecule has 2 fully saturated rings. The van der Waals surface area contributed by atoms with E-state index in [1.54, 1.807) is 0 Å². The van der Waals surface area contributed by atoms with Gasteiger partial charge in [0.05, 0.1) is 31.2 Å². The predicted molar refractivity (Wildman–Crippen MR) is 91.5 cm³/mol. The van der Waals surface area contributed by atoms with E-state index in [2.05, 4.69) is 0 Å². The standard InChI is InChI=1S/C20H23NO4/c1-3-11-24-19(23)16-15-9-10-20(25-15)12-21(18(22)17(16)20)13(2)14-7-5-4-6-8-14/h4-10,13,15-17H,3,11-12H2,1-2H3/t13-,15-,16-,17-,20-/m0/s1. The van der Waals surface area contributed by atoms with Crippen LogP contribution in [0.4, 0.5) is 0 Å².